The van der Waals surface area contributed by atoms with Crippen LogP contribution in [0.2, 0.25) is 5.02 Å². The van der Waals surface area contributed by atoms with Crippen LogP contribution in [0.15, 0.2) is 82.6 Å². The van der Waals surface area contributed by atoms with Crippen molar-refractivity contribution in [2.24, 2.45) is 0 Å². The first-order valence-electron chi connectivity index (χ1n) is 8.65. The summed E-state index contributed by atoms with van der Waals surface area (Å²) in [6, 6.07) is 19.1. The third-order valence-corrected chi connectivity index (χ3v) is 6.24. The highest BCUT2D eigenvalue weighted by atomic mass is 35.5. The molecule has 0 fully saturated rings. The van der Waals surface area contributed by atoms with Gasteiger partial charge >= 0.3 is 0 Å². The molecule has 146 valence electrons. The molecule has 3 aromatic carbocycles. The van der Waals surface area contributed by atoms with E-state index in [2.05, 4.69) is 5.32 Å². The standard InChI is InChI=1S/C21H19ClFNO3S/c22-19-11-10-17(23)14-20(19)27-13-12-24-15-16-6-4-5-9-21(16)28(25,26)18-7-2-1-3-8-18/h1-11,14,24H,12-13,15H2. The summed E-state index contributed by atoms with van der Waals surface area (Å²) in [5.41, 5.74) is 0.662. The van der Waals surface area contributed by atoms with Crippen molar-refractivity contribution in [2.75, 3.05) is 13.2 Å². The van der Waals surface area contributed by atoms with Gasteiger partial charge < -0.3 is 10.1 Å². The normalized spacial score (nSPS) is 11.4. The molecule has 0 aromatic heterocycles. The molecule has 0 aliphatic carbocycles. The Balaban J connectivity index is 1.62. The van der Waals surface area contributed by atoms with Crippen LogP contribution in [0.5, 0.6) is 5.75 Å². The highest BCUT2D eigenvalue weighted by Crippen LogP contribution is 2.25. The molecule has 0 saturated heterocycles. The van der Waals surface area contributed by atoms with Crippen molar-refractivity contribution in [3.05, 3.63) is 89.2 Å². The molecule has 0 spiro atoms. The Morgan fingerprint density at radius 2 is 1.68 bits per heavy atom. The Hall–Kier alpha value is -2.41. The van der Waals surface area contributed by atoms with Gasteiger partial charge in [0.1, 0.15) is 18.2 Å². The Kier molecular flexibility index (Phi) is 6.67. The van der Waals surface area contributed by atoms with Gasteiger partial charge in [-0.15, -0.1) is 0 Å². The maximum Gasteiger partial charge on any atom is 0.206 e. The minimum atomic E-state index is -3.60. The first kappa shape index (κ1) is 20.3. The van der Waals surface area contributed by atoms with Crippen molar-refractivity contribution in [3.63, 3.8) is 0 Å². The van der Waals surface area contributed by atoms with Crippen LogP contribution in [0.3, 0.4) is 0 Å². The highest BCUT2D eigenvalue weighted by molar-refractivity contribution is 7.91. The smallest absolute Gasteiger partial charge is 0.206 e. The fourth-order valence-corrected chi connectivity index (χ4v) is 4.37. The van der Waals surface area contributed by atoms with E-state index in [1.165, 1.54) is 18.2 Å². The molecule has 4 nitrogen and oxygen atoms in total. The van der Waals surface area contributed by atoms with Crippen LogP contribution in [-0.4, -0.2) is 21.6 Å². The Bertz CT molecular complexity index is 1040. The van der Waals surface area contributed by atoms with Crippen LogP contribution in [-0.2, 0) is 16.4 Å². The highest BCUT2D eigenvalue weighted by Gasteiger charge is 2.20. The summed E-state index contributed by atoms with van der Waals surface area (Å²) in [6.45, 7) is 1.05. The van der Waals surface area contributed by atoms with Crippen molar-refractivity contribution < 1.29 is 17.5 Å². The lowest BCUT2D eigenvalue weighted by Gasteiger charge is -2.12. The molecule has 0 unspecified atom stereocenters. The minimum absolute atomic E-state index is 0.256. The summed E-state index contributed by atoms with van der Waals surface area (Å²) in [4.78, 5) is 0.523. The first-order chi connectivity index (χ1) is 13.5. The summed E-state index contributed by atoms with van der Waals surface area (Å²) in [5.74, 6) is -0.150. The number of halogens is 2. The van der Waals surface area contributed by atoms with E-state index < -0.39 is 15.7 Å². The molecule has 0 radical (unpaired) electrons. The number of rotatable bonds is 8. The van der Waals surface area contributed by atoms with Crippen molar-refractivity contribution in [1.29, 1.82) is 0 Å². The second-order valence-electron chi connectivity index (χ2n) is 6.02. The summed E-state index contributed by atoms with van der Waals surface area (Å²) < 4.78 is 44.5. The largest absolute Gasteiger partial charge is 0.491 e. The van der Waals surface area contributed by atoms with Gasteiger partial charge in [-0.25, -0.2) is 12.8 Å². The van der Waals surface area contributed by atoms with E-state index in [0.717, 1.165) is 0 Å². The predicted molar refractivity (Wildman–Crippen MR) is 107 cm³/mol. The minimum Gasteiger partial charge on any atom is -0.491 e. The van der Waals surface area contributed by atoms with Gasteiger partial charge in [0.15, 0.2) is 0 Å². The predicted octanol–water partition coefficient (Wildman–Crippen LogP) is 4.48. The third kappa shape index (κ3) is 4.90. The lowest BCUT2D eigenvalue weighted by molar-refractivity contribution is 0.312. The van der Waals surface area contributed by atoms with Gasteiger partial charge in [0.2, 0.25) is 9.84 Å². The van der Waals surface area contributed by atoms with Gasteiger partial charge in [0, 0.05) is 19.2 Å². The molecule has 28 heavy (non-hydrogen) atoms. The number of ether oxygens (including phenoxy) is 1. The molecule has 1 N–H and O–H groups in total. The van der Waals surface area contributed by atoms with Crippen LogP contribution in [0.1, 0.15) is 5.56 Å². The summed E-state index contributed by atoms with van der Waals surface area (Å²) >= 11 is 5.96. The molecule has 3 rings (SSSR count). The number of sulfone groups is 1. The van der Waals surface area contributed by atoms with Crippen LogP contribution < -0.4 is 10.1 Å². The van der Waals surface area contributed by atoms with Crippen LogP contribution in [0, 0.1) is 5.82 Å². The number of benzene rings is 3. The zero-order chi connectivity index (χ0) is 20.0. The van der Waals surface area contributed by atoms with Crippen molar-refractivity contribution >= 4 is 21.4 Å². The van der Waals surface area contributed by atoms with Gasteiger partial charge in [-0.1, -0.05) is 48.0 Å². The number of nitrogens with one attached hydrogen (secondary N) is 1. The average Bonchev–Trinajstić information content (AvgIpc) is 2.71. The van der Waals surface area contributed by atoms with E-state index in [9.17, 15) is 12.8 Å². The molecule has 0 saturated carbocycles. The van der Waals surface area contributed by atoms with Crippen LogP contribution >= 0.6 is 11.6 Å². The molecular formula is C21H19ClFNO3S. The SMILES string of the molecule is O=S(=O)(c1ccccc1)c1ccccc1CNCCOc1cc(F)ccc1Cl. The molecular weight excluding hydrogens is 401 g/mol. The van der Waals surface area contributed by atoms with Crippen molar-refractivity contribution in [2.45, 2.75) is 16.3 Å². The second-order valence-corrected chi connectivity index (χ2v) is 8.35. The van der Waals surface area contributed by atoms with Crippen molar-refractivity contribution in [1.82, 2.24) is 5.32 Å². The molecule has 0 aliphatic heterocycles. The Morgan fingerprint density at radius 3 is 2.46 bits per heavy atom. The van der Waals surface area contributed by atoms with E-state index in [0.29, 0.717) is 23.7 Å². The first-order valence-corrected chi connectivity index (χ1v) is 10.5. The average molecular weight is 420 g/mol. The quantitative estimate of drug-likeness (QED) is 0.547. The monoisotopic (exact) mass is 419 g/mol. The van der Waals surface area contributed by atoms with E-state index >= 15 is 0 Å². The molecule has 0 aliphatic rings. The van der Waals surface area contributed by atoms with E-state index in [1.807, 2.05) is 0 Å². The van der Waals surface area contributed by atoms with Gasteiger partial charge in [-0.2, -0.15) is 0 Å². The molecule has 0 heterocycles. The maximum absolute atomic E-state index is 13.2. The molecule has 0 atom stereocenters. The van der Waals surface area contributed by atoms with E-state index in [-0.39, 0.29) is 22.1 Å². The summed E-state index contributed by atoms with van der Waals surface area (Å²) in [7, 11) is -3.60. The second kappa shape index (κ2) is 9.19. The maximum atomic E-state index is 13.2. The van der Waals surface area contributed by atoms with Gasteiger partial charge in [0.05, 0.1) is 14.8 Å². The molecule has 7 heteroatoms. The zero-order valence-electron chi connectivity index (χ0n) is 14.9. The Morgan fingerprint density at radius 1 is 0.964 bits per heavy atom. The van der Waals surface area contributed by atoms with E-state index in [4.69, 9.17) is 16.3 Å². The molecule has 0 bridgehead atoms. The number of hydrogen-bond donors (Lipinski definition) is 1. The third-order valence-electron chi connectivity index (χ3n) is 4.06. The lowest BCUT2D eigenvalue weighted by Crippen LogP contribution is -2.22. The van der Waals surface area contributed by atoms with Crippen molar-refractivity contribution in [3.8, 4) is 5.75 Å². The van der Waals surface area contributed by atoms with Gasteiger partial charge in [-0.05, 0) is 35.9 Å². The lowest BCUT2D eigenvalue weighted by atomic mass is 10.2. The van der Waals surface area contributed by atoms with Gasteiger partial charge in [0.25, 0.3) is 0 Å². The fourth-order valence-electron chi connectivity index (χ4n) is 2.68. The van der Waals surface area contributed by atoms with Crippen LogP contribution in [0.4, 0.5) is 4.39 Å². The Labute approximate surface area is 168 Å². The summed E-state index contributed by atoms with van der Waals surface area (Å²) in [5, 5.41) is 3.48. The molecule has 3 aromatic rings. The molecule has 0 amide bonds. The fraction of sp³-hybridized carbons (Fsp3) is 0.143. The van der Waals surface area contributed by atoms with E-state index in [1.54, 1.807) is 54.6 Å². The topological polar surface area (TPSA) is 55.4 Å². The van der Waals surface area contributed by atoms with Crippen LogP contribution in [0.25, 0.3) is 0 Å². The zero-order valence-corrected chi connectivity index (χ0v) is 16.5. The number of hydrogen-bond acceptors (Lipinski definition) is 4. The van der Waals surface area contributed by atoms with Gasteiger partial charge in [-0.3, -0.25) is 0 Å². The summed E-state index contributed by atoms with van der Waals surface area (Å²) in [6.07, 6.45) is 0.